The fourth-order valence-corrected chi connectivity index (χ4v) is 6.93. The van der Waals surface area contributed by atoms with E-state index >= 15 is 0 Å². The second-order valence-electron chi connectivity index (χ2n) is 18.3. The quantitative estimate of drug-likeness (QED) is 0.0394. The van der Waals surface area contributed by atoms with Gasteiger partial charge in [-0.3, -0.25) is 44.7 Å². The van der Waals surface area contributed by atoms with Crippen LogP contribution in [0.1, 0.15) is 100.0 Å². The Hall–Kier alpha value is -6.93. The van der Waals surface area contributed by atoms with E-state index < -0.39 is 40.1 Å². The highest BCUT2D eigenvalue weighted by Crippen LogP contribution is 2.26. The number of rotatable bonds is 12. The number of carbonyl (C=O) groups is 6. The third-order valence-corrected chi connectivity index (χ3v) is 10.3. The molecule has 74 heavy (non-hydrogen) atoms. The number of nitrogens with zero attached hydrogens (tertiary/aromatic N) is 4. The Balaban J connectivity index is 0.000000344. The molecule has 412 valence electrons. The van der Waals surface area contributed by atoms with Gasteiger partial charge in [0.05, 0.1) is 42.7 Å². The molecule has 3 fully saturated rings. The molecular weight excluding hydrogens is 991 g/mol. The lowest BCUT2D eigenvalue weighted by Gasteiger charge is -2.33. The smallest absolute Gasteiger partial charge is 0.419 e. The van der Waals surface area contributed by atoms with E-state index in [4.69, 9.17) is 28.4 Å². The Morgan fingerprint density at radius 3 is 1.77 bits per heavy atom. The molecular formula is C48H73N9O16S. The summed E-state index contributed by atoms with van der Waals surface area (Å²) in [6, 6.07) is 6.29. The van der Waals surface area contributed by atoms with Gasteiger partial charge >= 0.3 is 35.7 Å². The minimum atomic E-state index is -1.12. The molecule has 25 nitrogen and oxygen atoms in total. The second-order valence-corrected chi connectivity index (χ2v) is 18.5. The van der Waals surface area contributed by atoms with E-state index in [9.17, 15) is 48.5 Å². The number of nitrogens with one attached hydrogen (secondary N) is 5. The van der Waals surface area contributed by atoms with Gasteiger partial charge in [0.25, 0.3) is 17.4 Å². The Labute approximate surface area is 435 Å². The van der Waals surface area contributed by atoms with Gasteiger partial charge in [-0.25, -0.2) is 24.0 Å². The average molecular weight is 1060 g/mol. The Bertz CT molecular complexity index is 2290. The number of urea groups is 1. The summed E-state index contributed by atoms with van der Waals surface area (Å²) in [7, 11) is 0. The van der Waals surface area contributed by atoms with E-state index in [2.05, 4.69) is 33.6 Å². The van der Waals surface area contributed by atoms with Crippen LogP contribution in [0.15, 0.2) is 70.8 Å². The van der Waals surface area contributed by atoms with Crippen LogP contribution >= 0.6 is 12.6 Å². The van der Waals surface area contributed by atoms with E-state index in [1.165, 1.54) is 36.6 Å². The molecule has 2 aromatic rings. The van der Waals surface area contributed by atoms with Crippen molar-refractivity contribution < 1.29 is 62.1 Å². The summed E-state index contributed by atoms with van der Waals surface area (Å²) in [6.45, 7) is 19.7. The second kappa shape index (κ2) is 33.0. The van der Waals surface area contributed by atoms with Crippen LogP contribution in [0.25, 0.3) is 0 Å². The highest BCUT2D eigenvalue weighted by molar-refractivity contribution is 7.80. The maximum absolute atomic E-state index is 12.0. The Kier molecular flexibility index (Phi) is 28.2. The lowest BCUT2D eigenvalue weighted by Crippen LogP contribution is -2.50. The van der Waals surface area contributed by atoms with Crippen LogP contribution in [0.5, 0.6) is 5.75 Å². The molecule has 5 N–H and O–H groups in total. The summed E-state index contributed by atoms with van der Waals surface area (Å²) in [6.07, 6.45) is 9.42. The lowest BCUT2D eigenvalue weighted by molar-refractivity contribution is -0.385. The van der Waals surface area contributed by atoms with E-state index in [1.54, 1.807) is 34.4 Å². The van der Waals surface area contributed by atoms with Gasteiger partial charge in [-0.2, -0.15) is 12.6 Å². The fraction of sp³-hybridized carbons (Fsp3) is 0.583. The number of hydrogen-bond acceptors (Lipinski definition) is 18. The third-order valence-electron chi connectivity index (χ3n) is 10.1. The number of aromatic nitrogens is 2. The summed E-state index contributed by atoms with van der Waals surface area (Å²) in [5.41, 5.74) is -1.96. The topological polar surface area (TPSA) is 310 Å². The van der Waals surface area contributed by atoms with Crippen LogP contribution in [0.3, 0.4) is 0 Å². The third kappa shape index (κ3) is 26.7. The zero-order valence-corrected chi connectivity index (χ0v) is 44.3. The minimum Gasteiger partial charge on any atom is -0.501 e. The summed E-state index contributed by atoms with van der Waals surface area (Å²) in [5.74, 6) is -1.12. The molecule has 0 saturated carbocycles. The van der Waals surface area contributed by atoms with E-state index in [-0.39, 0.29) is 53.1 Å². The summed E-state index contributed by atoms with van der Waals surface area (Å²) in [5, 5.41) is 20.7. The molecule has 5 rings (SSSR count). The molecule has 0 bridgehead atoms. The number of likely N-dealkylation sites (tertiary alicyclic amines) is 2. The van der Waals surface area contributed by atoms with E-state index in [1.807, 2.05) is 46.9 Å². The number of nitro benzene ring substituents is 1. The molecule has 0 unspecified atom stereocenters. The molecule has 4 heterocycles. The molecule has 7 amide bonds. The van der Waals surface area contributed by atoms with Crippen LogP contribution in [-0.2, 0) is 33.3 Å². The van der Waals surface area contributed by atoms with Gasteiger partial charge in [-0.1, -0.05) is 12.1 Å². The van der Waals surface area contributed by atoms with Gasteiger partial charge in [0.2, 0.25) is 5.75 Å². The Morgan fingerprint density at radius 1 is 0.770 bits per heavy atom. The summed E-state index contributed by atoms with van der Waals surface area (Å²) in [4.78, 5) is 107. The molecule has 1 aromatic carbocycles. The first kappa shape index (κ1) is 63.2. The first-order valence-corrected chi connectivity index (χ1v) is 24.7. The van der Waals surface area contributed by atoms with Gasteiger partial charge in [-0.05, 0) is 113 Å². The van der Waals surface area contributed by atoms with Gasteiger partial charge < -0.3 is 48.9 Å². The van der Waals surface area contributed by atoms with Crippen molar-refractivity contribution in [3.8, 4) is 5.75 Å². The minimum absolute atomic E-state index is 0.0904. The number of hydrogen-bond donors (Lipinski definition) is 6. The number of H-pyrrole nitrogens is 1. The number of benzene rings is 1. The van der Waals surface area contributed by atoms with Crippen molar-refractivity contribution in [2.24, 2.45) is 0 Å². The van der Waals surface area contributed by atoms with Crippen molar-refractivity contribution in [3.05, 3.63) is 92.2 Å². The van der Waals surface area contributed by atoms with Crippen molar-refractivity contribution in [2.75, 3.05) is 58.4 Å². The highest BCUT2D eigenvalue weighted by atomic mass is 32.1. The van der Waals surface area contributed by atoms with E-state index in [0.717, 1.165) is 57.2 Å². The van der Waals surface area contributed by atoms with Crippen LogP contribution in [-0.4, -0.2) is 142 Å². The summed E-state index contributed by atoms with van der Waals surface area (Å²) >= 11 is 4.02. The van der Waals surface area contributed by atoms with Crippen LogP contribution < -0.4 is 37.3 Å². The zero-order valence-electron chi connectivity index (χ0n) is 43.4. The van der Waals surface area contributed by atoms with Gasteiger partial charge in [0.1, 0.15) is 11.2 Å². The van der Waals surface area contributed by atoms with Crippen molar-refractivity contribution >= 4 is 54.4 Å². The number of amides is 7. The van der Waals surface area contributed by atoms with E-state index in [0.29, 0.717) is 58.2 Å². The van der Waals surface area contributed by atoms with Gasteiger partial charge in [0, 0.05) is 68.7 Å². The van der Waals surface area contributed by atoms with Crippen molar-refractivity contribution in [1.29, 1.82) is 0 Å². The number of ether oxygens (including phenoxy) is 6. The predicted molar refractivity (Wildman–Crippen MR) is 275 cm³/mol. The number of imide groups is 2. The number of piperidine rings is 3. The largest absolute Gasteiger partial charge is 0.501 e. The molecule has 3 aliphatic heterocycles. The fourth-order valence-electron chi connectivity index (χ4n) is 6.72. The molecule has 1 aromatic heterocycles. The number of nitro groups is 1. The molecule has 0 aliphatic carbocycles. The van der Waals surface area contributed by atoms with Gasteiger partial charge in [-0.15, -0.1) is 0 Å². The SMILES string of the molecule is CC(C)(C)OC(=O)N1CCC(OCS)CC1.CCO/C=C/C(=O)NC(=O)NC1CCN(C(=O)OC(C)(C)C)CC1.CCO/C=C/C(=O)NC(=O)Oc1ccccc1[N+](=O)[O-].O=c1ccn(C2CCNCC2)c(=O)[nH]1. The van der Waals surface area contributed by atoms with Crippen molar-refractivity contribution in [2.45, 2.75) is 123 Å². The van der Waals surface area contributed by atoms with Crippen molar-refractivity contribution in [1.82, 2.24) is 40.6 Å². The number of aromatic amines is 1. The molecule has 3 aliphatic rings. The molecule has 0 atom stereocenters. The Morgan fingerprint density at radius 2 is 1.28 bits per heavy atom. The molecule has 3 saturated heterocycles. The highest BCUT2D eigenvalue weighted by Gasteiger charge is 2.29. The monoisotopic (exact) mass is 1060 g/mol. The normalized spacial score (nSPS) is 15.4. The first-order chi connectivity index (χ1) is 34.9. The van der Waals surface area contributed by atoms with Crippen molar-refractivity contribution in [3.63, 3.8) is 0 Å². The van der Waals surface area contributed by atoms with Crippen LogP contribution in [0, 0.1) is 10.1 Å². The standard InChI is InChI=1S/C16H27N3O5.C12H12N2O6.C11H21NO3S.C9H13N3O2/c1-5-23-11-8-13(20)18-14(21)17-12-6-9-19(10-7-12)15(22)24-16(2,3)4;1-2-19-8-7-11(15)13-12(16)20-10-6-4-3-5-9(10)14(17)18;1-11(2,3)15-10(13)12-6-4-9(5-7-12)14-8-16;13-8-3-6-12(9(14)11-8)7-1-4-10-5-2-7/h8,11-12H,5-7,9-10H2,1-4H3,(H2,17,18,20,21);3-8H,2H2,1H3,(H,13,15,16);9,16H,4-8H2,1-3H3;3,6-7,10H,1-2,4-5H2,(H,11,13,14)/b11-8+;8-7+;;. The first-order valence-electron chi connectivity index (χ1n) is 24.1. The van der Waals surface area contributed by atoms with Crippen LogP contribution in [0.2, 0.25) is 0 Å². The van der Waals surface area contributed by atoms with Crippen LogP contribution in [0.4, 0.5) is 24.9 Å². The maximum atomic E-state index is 12.0. The molecule has 0 radical (unpaired) electrons. The zero-order chi connectivity index (χ0) is 55.3. The van der Waals surface area contributed by atoms with Gasteiger partial charge in [0.15, 0.2) is 0 Å². The number of carbonyl (C=O) groups excluding carboxylic acids is 6. The predicted octanol–water partition coefficient (Wildman–Crippen LogP) is 5.27. The molecule has 0 spiro atoms. The summed E-state index contributed by atoms with van der Waals surface area (Å²) < 4.78 is 32.0. The number of para-hydroxylation sites is 2. The number of thiol groups is 1. The average Bonchev–Trinajstić information content (AvgIpc) is 3.32. The lowest BCUT2D eigenvalue weighted by atomic mass is 10.1. The maximum Gasteiger partial charge on any atom is 0.419 e. The molecule has 26 heteroatoms.